The molecule has 0 aliphatic carbocycles. The van der Waals surface area contributed by atoms with Crippen molar-refractivity contribution in [3.05, 3.63) is 58.4 Å². The number of aryl methyl sites for hydroxylation is 2. The van der Waals surface area contributed by atoms with E-state index in [4.69, 9.17) is 12.2 Å². The highest BCUT2D eigenvalue weighted by Crippen LogP contribution is 2.40. The minimum atomic E-state index is -0.00402. The molecule has 2 aromatic carbocycles. The largest absolute Gasteiger partial charge is 0.508 e. The first-order valence-corrected chi connectivity index (χ1v) is 10.1. The van der Waals surface area contributed by atoms with Crippen LogP contribution < -0.4 is 4.90 Å². The van der Waals surface area contributed by atoms with Crippen LogP contribution >= 0.6 is 12.2 Å². The molecule has 152 valence electrons. The zero-order valence-corrected chi connectivity index (χ0v) is 18.1. The molecule has 4 N–H and O–H groups in total. The van der Waals surface area contributed by atoms with Crippen molar-refractivity contribution < 1.29 is 10.2 Å². The molecule has 0 saturated carbocycles. The van der Waals surface area contributed by atoms with Gasteiger partial charge in [0.25, 0.3) is 0 Å². The number of aromatic amines is 2. The monoisotopic (exact) mass is 409 g/mol. The predicted octanol–water partition coefficient (Wildman–Crippen LogP) is 6.05. The number of allylic oxidation sites excluding steroid dienone is 1. The molecule has 29 heavy (non-hydrogen) atoms. The van der Waals surface area contributed by atoms with Crippen molar-refractivity contribution in [2.24, 2.45) is 0 Å². The Morgan fingerprint density at radius 2 is 1.83 bits per heavy atom. The second kappa shape index (κ2) is 8.17. The van der Waals surface area contributed by atoms with E-state index >= 15 is 0 Å². The van der Waals surface area contributed by atoms with Crippen molar-refractivity contribution >= 4 is 17.9 Å². The Morgan fingerprint density at radius 1 is 1.10 bits per heavy atom. The van der Waals surface area contributed by atoms with Crippen molar-refractivity contribution in [1.29, 1.82) is 0 Å². The van der Waals surface area contributed by atoms with Crippen LogP contribution in [0.25, 0.3) is 22.4 Å². The number of hydrogen-bond donors (Lipinski definition) is 4. The van der Waals surface area contributed by atoms with Gasteiger partial charge >= 0.3 is 0 Å². The standard InChI is InChI=1S/C23H27N3O2S/c1-6-15-10-17(20(28)12-19(15)27)22-21(23(29)25-24-22)16-9-8-14(5)18(11-16)26(7-2)13(3)4/h8-12,27-28H,3,6-7H2,1-2,4-5H3,(H2,24,25,29). The number of hydrogen-bond acceptors (Lipinski definition) is 4. The lowest BCUT2D eigenvalue weighted by molar-refractivity contribution is 0.447. The van der Waals surface area contributed by atoms with Crippen molar-refractivity contribution in [3.8, 4) is 33.9 Å². The van der Waals surface area contributed by atoms with Gasteiger partial charge in [0.05, 0.1) is 5.69 Å². The Hall–Kier alpha value is -2.99. The van der Waals surface area contributed by atoms with Crippen LogP contribution in [0.2, 0.25) is 0 Å². The van der Waals surface area contributed by atoms with Crippen LogP contribution in [0.4, 0.5) is 5.69 Å². The third-order valence-electron chi connectivity index (χ3n) is 5.19. The van der Waals surface area contributed by atoms with E-state index in [0.29, 0.717) is 22.3 Å². The zero-order chi connectivity index (χ0) is 21.3. The first-order chi connectivity index (χ1) is 13.8. The molecule has 3 aromatic rings. The van der Waals surface area contributed by atoms with E-state index < -0.39 is 0 Å². The maximum absolute atomic E-state index is 10.5. The van der Waals surface area contributed by atoms with Gasteiger partial charge in [-0.25, -0.2) is 0 Å². The Balaban J connectivity index is 2.22. The maximum atomic E-state index is 10.5. The molecule has 0 spiro atoms. The summed E-state index contributed by atoms with van der Waals surface area (Å²) in [4.78, 5) is 2.16. The molecule has 1 aromatic heterocycles. The first-order valence-electron chi connectivity index (χ1n) is 9.68. The van der Waals surface area contributed by atoms with Gasteiger partial charge in [-0.05, 0) is 56.0 Å². The van der Waals surface area contributed by atoms with Gasteiger partial charge in [-0.15, -0.1) is 0 Å². The quantitative estimate of drug-likeness (QED) is 0.374. The summed E-state index contributed by atoms with van der Waals surface area (Å²) in [7, 11) is 0. The molecule has 0 atom stereocenters. The summed E-state index contributed by atoms with van der Waals surface area (Å²) >= 11 is 5.56. The smallest absolute Gasteiger partial charge is 0.128 e. The van der Waals surface area contributed by atoms with Gasteiger partial charge in [0.15, 0.2) is 0 Å². The van der Waals surface area contributed by atoms with Crippen LogP contribution in [-0.4, -0.2) is 27.0 Å². The molecular weight excluding hydrogens is 382 g/mol. The fourth-order valence-electron chi connectivity index (χ4n) is 3.64. The summed E-state index contributed by atoms with van der Waals surface area (Å²) in [6, 6.07) is 9.36. The number of phenols is 2. The van der Waals surface area contributed by atoms with E-state index in [9.17, 15) is 10.2 Å². The summed E-state index contributed by atoms with van der Waals surface area (Å²) in [5.41, 5.74) is 6.97. The summed E-state index contributed by atoms with van der Waals surface area (Å²) < 4.78 is 0.554. The van der Waals surface area contributed by atoms with Gasteiger partial charge in [-0.3, -0.25) is 10.2 Å². The Bertz CT molecular complexity index is 1130. The van der Waals surface area contributed by atoms with E-state index in [1.165, 1.54) is 6.07 Å². The molecule has 0 amide bonds. The number of anilines is 1. The molecule has 0 aliphatic rings. The van der Waals surface area contributed by atoms with Crippen LogP contribution in [0.1, 0.15) is 31.9 Å². The van der Waals surface area contributed by atoms with E-state index in [1.807, 2.05) is 19.9 Å². The first kappa shape index (κ1) is 20.7. The molecule has 0 radical (unpaired) electrons. The number of aromatic hydroxyl groups is 2. The van der Waals surface area contributed by atoms with Gasteiger partial charge in [0.2, 0.25) is 0 Å². The summed E-state index contributed by atoms with van der Waals surface area (Å²) in [5, 5.41) is 26.6. The highest BCUT2D eigenvalue weighted by atomic mass is 32.1. The van der Waals surface area contributed by atoms with Crippen LogP contribution in [0.3, 0.4) is 0 Å². The number of nitrogens with one attached hydrogen (secondary N) is 2. The van der Waals surface area contributed by atoms with Crippen LogP contribution in [0.5, 0.6) is 11.5 Å². The molecule has 0 bridgehead atoms. The molecule has 0 unspecified atom stereocenters. The highest BCUT2D eigenvalue weighted by Gasteiger charge is 2.19. The van der Waals surface area contributed by atoms with Gasteiger partial charge in [-0.2, -0.15) is 0 Å². The minimum absolute atomic E-state index is 0.00402. The third kappa shape index (κ3) is 3.80. The van der Waals surface area contributed by atoms with Crippen molar-refractivity contribution in [2.45, 2.75) is 34.1 Å². The van der Waals surface area contributed by atoms with Gasteiger partial charge in [0, 0.05) is 35.1 Å². The van der Waals surface area contributed by atoms with E-state index in [-0.39, 0.29) is 11.5 Å². The molecule has 1 heterocycles. The second-order valence-electron chi connectivity index (χ2n) is 7.16. The lowest BCUT2D eigenvalue weighted by Crippen LogP contribution is -2.20. The lowest BCUT2D eigenvalue weighted by atomic mass is 9.97. The normalized spacial score (nSPS) is 10.9. The number of phenolic OH excluding ortho intramolecular Hbond substituents is 2. The van der Waals surface area contributed by atoms with Crippen molar-refractivity contribution in [3.63, 3.8) is 0 Å². The summed E-state index contributed by atoms with van der Waals surface area (Å²) in [5.74, 6) is 0.0813. The Labute approximate surface area is 176 Å². The van der Waals surface area contributed by atoms with E-state index in [0.717, 1.165) is 40.2 Å². The number of benzene rings is 2. The third-order valence-corrected chi connectivity index (χ3v) is 5.50. The van der Waals surface area contributed by atoms with Crippen LogP contribution in [0, 0.1) is 11.6 Å². The molecule has 0 saturated heterocycles. The summed E-state index contributed by atoms with van der Waals surface area (Å²) in [6.45, 7) is 13.0. The molecule has 3 rings (SSSR count). The lowest BCUT2D eigenvalue weighted by Gasteiger charge is -2.25. The fraction of sp³-hybridized carbons (Fsp3) is 0.261. The zero-order valence-electron chi connectivity index (χ0n) is 17.3. The number of nitrogens with zero attached hydrogens (tertiary/aromatic N) is 1. The Morgan fingerprint density at radius 3 is 2.45 bits per heavy atom. The summed E-state index contributed by atoms with van der Waals surface area (Å²) in [6.07, 6.45) is 0.651. The van der Waals surface area contributed by atoms with Gasteiger partial charge in [-0.1, -0.05) is 37.9 Å². The molecule has 5 nitrogen and oxygen atoms in total. The maximum Gasteiger partial charge on any atom is 0.128 e. The molecule has 6 heteroatoms. The van der Waals surface area contributed by atoms with Crippen LogP contribution in [0.15, 0.2) is 42.6 Å². The topological polar surface area (TPSA) is 75.3 Å². The fourth-order valence-corrected chi connectivity index (χ4v) is 3.91. The Kier molecular flexibility index (Phi) is 5.84. The molecular formula is C23H27N3O2S. The van der Waals surface area contributed by atoms with Crippen LogP contribution in [-0.2, 0) is 6.42 Å². The van der Waals surface area contributed by atoms with Gasteiger partial charge < -0.3 is 15.1 Å². The minimum Gasteiger partial charge on any atom is -0.508 e. The number of rotatable bonds is 6. The molecule has 0 fully saturated rings. The molecule has 0 aliphatic heterocycles. The predicted molar refractivity (Wildman–Crippen MR) is 122 cm³/mol. The highest BCUT2D eigenvalue weighted by molar-refractivity contribution is 7.71. The van der Waals surface area contributed by atoms with Crippen molar-refractivity contribution in [1.82, 2.24) is 10.2 Å². The SMILES string of the molecule is C=C(C)N(CC)c1cc(-c2c(-c3cc(CC)c(O)cc3O)[nH][nH]c2=S)ccc1C. The average Bonchev–Trinajstić information content (AvgIpc) is 3.05. The second-order valence-corrected chi connectivity index (χ2v) is 7.57. The van der Waals surface area contributed by atoms with Gasteiger partial charge in [0.1, 0.15) is 16.1 Å². The van der Waals surface area contributed by atoms with E-state index in [2.05, 4.69) is 47.7 Å². The number of aromatic nitrogens is 2. The van der Waals surface area contributed by atoms with Crippen molar-refractivity contribution in [2.75, 3.05) is 11.4 Å². The average molecular weight is 410 g/mol. The number of H-pyrrole nitrogens is 2. The van der Waals surface area contributed by atoms with E-state index in [1.54, 1.807) is 6.07 Å².